The Balaban J connectivity index is 1.56. The Labute approximate surface area is 155 Å². The van der Waals surface area contributed by atoms with E-state index in [1.54, 1.807) is 6.33 Å². The number of ether oxygens (including phenoxy) is 1. The van der Waals surface area contributed by atoms with E-state index in [4.69, 9.17) is 20.8 Å². The number of anilines is 1. The van der Waals surface area contributed by atoms with Crippen LogP contribution in [0.5, 0.6) is 0 Å². The molecule has 1 fully saturated rings. The standard InChI is InChI=1S/C20H16ClN3O2/c21-15-7-3-1-5-13(15)17-11-24(9-10-25-17)20-19-18(22-12-23-20)14-6-2-4-8-16(14)26-19/h1-8,12,17H,9-11H2. The van der Waals surface area contributed by atoms with Crippen molar-refractivity contribution in [2.75, 3.05) is 24.6 Å². The molecule has 1 saturated heterocycles. The number of nitrogens with zero attached hydrogens (tertiary/aromatic N) is 3. The van der Waals surface area contributed by atoms with E-state index in [9.17, 15) is 0 Å². The highest BCUT2D eigenvalue weighted by Crippen LogP contribution is 2.35. The summed E-state index contributed by atoms with van der Waals surface area (Å²) < 4.78 is 12.0. The van der Waals surface area contributed by atoms with Crippen LogP contribution in [0.25, 0.3) is 22.1 Å². The molecule has 5 rings (SSSR count). The normalized spacial score (nSPS) is 17.9. The van der Waals surface area contributed by atoms with Crippen molar-refractivity contribution in [1.82, 2.24) is 9.97 Å². The van der Waals surface area contributed by atoms with Gasteiger partial charge in [-0.15, -0.1) is 0 Å². The minimum absolute atomic E-state index is 0.105. The van der Waals surface area contributed by atoms with E-state index in [1.165, 1.54) is 0 Å². The summed E-state index contributed by atoms with van der Waals surface area (Å²) in [6.07, 6.45) is 1.49. The Bertz CT molecular complexity index is 1090. The van der Waals surface area contributed by atoms with Crippen molar-refractivity contribution >= 4 is 39.5 Å². The molecule has 0 N–H and O–H groups in total. The SMILES string of the molecule is Clc1ccccc1C1CN(c2ncnc3c2oc2ccccc23)CCO1. The summed E-state index contributed by atoms with van der Waals surface area (Å²) in [7, 11) is 0. The molecule has 6 heteroatoms. The molecule has 2 aromatic carbocycles. The van der Waals surface area contributed by atoms with Gasteiger partial charge in [-0.2, -0.15) is 0 Å². The molecule has 5 nitrogen and oxygen atoms in total. The van der Waals surface area contributed by atoms with E-state index >= 15 is 0 Å². The Morgan fingerprint density at radius 3 is 2.81 bits per heavy atom. The van der Waals surface area contributed by atoms with Gasteiger partial charge >= 0.3 is 0 Å². The molecule has 0 bridgehead atoms. The van der Waals surface area contributed by atoms with Gasteiger partial charge in [-0.1, -0.05) is 41.9 Å². The molecule has 2 aromatic heterocycles. The topological polar surface area (TPSA) is 51.4 Å². The first-order valence-electron chi connectivity index (χ1n) is 8.54. The van der Waals surface area contributed by atoms with Gasteiger partial charge in [-0.3, -0.25) is 0 Å². The fourth-order valence-electron chi connectivity index (χ4n) is 3.50. The summed E-state index contributed by atoms with van der Waals surface area (Å²) in [4.78, 5) is 11.1. The quantitative estimate of drug-likeness (QED) is 0.519. The molecule has 26 heavy (non-hydrogen) atoms. The van der Waals surface area contributed by atoms with Crippen molar-refractivity contribution in [2.45, 2.75) is 6.10 Å². The highest BCUT2D eigenvalue weighted by atomic mass is 35.5. The van der Waals surface area contributed by atoms with Crippen LogP contribution in [0.15, 0.2) is 59.3 Å². The van der Waals surface area contributed by atoms with E-state index in [-0.39, 0.29) is 6.10 Å². The van der Waals surface area contributed by atoms with Crippen molar-refractivity contribution in [3.05, 3.63) is 65.4 Å². The molecule has 0 amide bonds. The van der Waals surface area contributed by atoms with Gasteiger partial charge < -0.3 is 14.1 Å². The van der Waals surface area contributed by atoms with Crippen molar-refractivity contribution < 1.29 is 9.15 Å². The van der Waals surface area contributed by atoms with Gasteiger partial charge in [0.2, 0.25) is 0 Å². The number of benzene rings is 2. The number of hydrogen-bond acceptors (Lipinski definition) is 5. The highest BCUT2D eigenvalue weighted by Gasteiger charge is 2.27. The lowest BCUT2D eigenvalue weighted by Gasteiger charge is -2.34. The van der Waals surface area contributed by atoms with Crippen LogP contribution in [0.4, 0.5) is 5.82 Å². The van der Waals surface area contributed by atoms with E-state index in [1.807, 2.05) is 48.5 Å². The Kier molecular flexibility index (Phi) is 3.76. The monoisotopic (exact) mass is 365 g/mol. The first-order valence-corrected chi connectivity index (χ1v) is 8.92. The third-order valence-corrected chi connectivity index (χ3v) is 5.10. The molecule has 0 spiro atoms. The van der Waals surface area contributed by atoms with Gasteiger partial charge in [-0.25, -0.2) is 9.97 Å². The maximum Gasteiger partial charge on any atom is 0.196 e. The summed E-state index contributed by atoms with van der Waals surface area (Å²) in [6.45, 7) is 2.00. The van der Waals surface area contributed by atoms with Gasteiger partial charge in [0.05, 0.1) is 13.2 Å². The number of fused-ring (bicyclic) bond motifs is 3. The summed E-state index contributed by atoms with van der Waals surface area (Å²) >= 11 is 6.36. The zero-order valence-electron chi connectivity index (χ0n) is 13.9. The van der Waals surface area contributed by atoms with E-state index < -0.39 is 0 Å². The second-order valence-corrected chi connectivity index (χ2v) is 6.71. The van der Waals surface area contributed by atoms with Crippen molar-refractivity contribution in [3.8, 4) is 0 Å². The van der Waals surface area contributed by atoms with E-state index in [0.29, 0.717) is 18.7 Å². The fraction of sp³-hybridized carbons (Fsp3) is 0.200. The van der Waals surface area contributed by atoms with E-state index in [2.05, 4.69) is 14.9 Å². The lowest BCUT2D eigenvalue weighted by molar-refractivity contribution is 0.0396. The predicted octanol–water partition coefficient (Wildman–Crippen LogP) is 4.61. The maximum absolute atomic E-state index is 6.36. The van der Waals surface area contributed by atoms with Crippen molar-refractivity contribution in [3.63, 3.8) is 0 Å². The third-order valence-electron chi connectivity index (χ3n) is 4.76. The number of morpholine rings is 1. The highest BCUT2D eigenvalue weighted by molar-refractivity contribution is 6.31. The smallest absolute Gasteiger partial charge is 0.196 e. The van der Waals surface area contributed by atoms with Crippen LogP contribution in [0, 0.1) is 0 Å². The molecule has 0 radical (unpaired) electrons. The molecular weight excluding hydrogens is 350 g/mol. The third kappa shape index (κ3) is 2.52. The Morgan fingerprint density at radius 1 is 1.04 bits per heavy atom. The summed E-state index contributed by atoms with van der Waals surface area (Å²) in [5.74, 6) is 0.798. The minimum atomic E-state index is -0.105. The van der Waals surface area contributed by atoms with Gasteiger partial charge in [0, 0.05) is 22.5 Å². The molecule has 1 aliphatic heterocycles. The van der Waals surface area contributed by atoms with Crippen molar-refractivity contribution in [2.24, 2.45) is 0 Å². The maximum atomic E-state index is 6.36. The van der Waals surface area contributed by atoms with Crippen LogP contribution in [-0.4, -0.2) is 29.7 Å². The number of rotatable bonds is 2. The Morgan fingerprint density at radius 2 is 1.88 bits per heavy atom. The first kappa shape index (κ1) is 15.6. The summed E-state index contributed by atoms with van der Waals surface area (Å²) in [5, 5.41) is 1.72. The van der Waals surface area contributed by atoms with E-state index in [0.717, 1.165) is 39.4 Å². The summed E-state index contributed by atoms with van der Waals surface area (Å²) in [6, 6.07) is 15.7. The molecule has 130 valence electrons. The van der Waals surface area contributed by atoms with Gasteiger partial charge in [-0.05, 0) is 18.2 Å². The number of furan rings is 1. The number of aromatic nitrogens is 2. The lowest BCUT2D eigenvalue weighted by atomic mass is 10.1. The summed E-state index contributed by atoms with van der Waals surface area (Å²) in [5.41, 5.74) is 3.37. The second kappa shape index (κ2) is 6.27. The first-order chi connectivity index (χ1) is 12.8. The predicted molar refractivity (Wildman–Crippen MR) is 102 cm³/mol. The molecule has 1 atom stereocenters. The van der Waals surface area contributed by atoms with Crippen LogP contribution in [0.3, 0.4) is 0 Å². The fourth-order valence-corrected chi connectivity index (χ4v) is 3.76. The lowest BCUT2D eigenvalue weighted by Crippen LogP contribution is -2.39. The second-order valence-electron chi connectivity index (χ2n) is 6.30. The molecule has 1 aliphatic rings. The molecule has 3 heterocycles. The zero-order chi connectivity index (χ0) is 17.5. The average Bonchev–Trinajstić information content (AvgIpc) is 3.07. The minimum Gasteiger partial charge on any atom is -0.450 e. The molecule has 0 aliphatic carbocycles. The van der Waals surface area contributed by atoms with Gasteiger partial charge in [0.25, 0.3) is 0 Å². The molecule has 0 saturated carbocycles. The number of halogens is 1. The van der Waals surface area contributed by atoms with Crippen molar-refractivity contribution in [1.29, 1.82) is 0 Å². The van der Waals surface area contributed by atoms with Gasteiger partial charge in [0.1, 0.15) is 23.5 Å². The molecular formula is C20H16ClN3O2. The number of hydrogen-bond donors (Lipinski definition) is 0. The van der Waals surface area contributed by atoms with Crippen LogP contribution in [-0.2, 0) is 4.74 Å². The number of para-hydroxylation sites is 1. The van der Waals surface area contributed by atoms with Crippen LogP contribution in [0.1, 0.15) is 11.7 Å². The van der Waals surface area contributed by atoms with Crippen LogP contribution >= 0.6 is 11.6 Å². The zero-order valence-corrected chi connectivity index (χ0v) is 14.7. The Hall–Kier alpha value is -2.63. The average molecular weight is 366 g/mol. The van der Waals surface area contributed by atoms with Gasteiger partial charge in [0.15, 0.2) is 11.4 Å². The largest absolute Gasteiger partial charge is 0.450 e. The van der Waals surface area contributed by atoms with Crippen LogP contribution < -0.4 is 4.90 Å². The molecule has 4 aromatic rings. The molecule has 1 unspecified atom stereocenters. The van der Waals surface area contributed by atoms with Crippen LogP contribution in [0.2, 0.25) is 5.02 Å².